The first kappa shape index (κ1) is 49.3. The van der Waals surface area contributed by atoms with E-state index in [2.05, 4.69) is 231 Å². The van der Waals surface area contributed by atoms with Crippen molar-refractivity contribution in [1.29, 1.82) is 0 Å². The second kappa shape index (κ2) is 20.6. The average molecular weight is 1280 g/mol. The van der Waals surface area contributed by atoms with E-state index in [1.165, 1.54) is 5.56 Å². The van der Waals surface area contributed by atoms with Crippen LogP contribution in [-0.4, -0.2) is 14.1 Å². The second-order valence-electron chi connectivity index (χ2n) is 26.5. The number of pyridine rings is 1. The summed E-state index contributed by atoms with van der Waals surface area (Å²) in [4.78, 5) is 4.91. The standard InChI is InChI=1S/C78H72N4O.Pt/c1-48-23-21-24-49(2)72(48)51-39-65(50-37-53(76(6,7)8)41-54(38-50)77(9,10)11)73-66(40-51)61-29-17-15-27-59(61)60-28-16-18-30-62(60)67-42-55(78(12,13)14)43-70-74(67)81(73)47-80(70)56-25-22-26-57(45-56)83-58-33-34-64-63-31-19-20-32-68(63)82(69(64)46-58)71-44-52(35-36-79-71)75(3,4)5;/h15-44H,1-14H3;/q-2;/i1D3,2D3;. The molecule has 0 amide bonds. The molecule has 4 heterocycles. The van der Waals surface area contributed by atoms with Crippen LogP contribution in [0.3, 0.4) is 0 Å². The van der Waals surface area contributed by atoms with Crippen molar-refractivity contribution in [3.05, 3.63) is 234 Å². The maximum atomic E-state index is 8.97. The minimum Gasteiger partial charge on any atom is -0.510 e. The minimum atomic E-state index is -2.66. The van der Waals surface area contributed by atoms with Crippen LogP contribution in [0.4, 0.5) is 0 Å². The topological polar surface area (TPSA) is 35.9 Å². The van der Waals surface area contributed by atoms with E-state index in [0.717, 1.165) is 106 Å². The van der Waals surface area contributed by atoms with Gasteiger partial charge in [0.15, 0.2) is 0 Å². The van der Waals surface area contributed by atoms with Gasteiger partial charge in [0.05, 0.1) is 16.7 Å². The van der Waals surface area contributed by atoms with E-state index in [1.807, 2.05) is 48.7 Å². The first-order valence-corrected chi connectivity index (χ1v) is 28.8. The maximum absolute atomic E-state index is 8.97. The number of aromatic nitrogens is 4. The summed E-state index contributed by atoms with van der Waals surface area (Å²) in [5.74, 6) is 1.78. The van der Waals surface area contributed by atoms with Crippen LogP contribution in [0.15, 0.2) is 182 Å². The smallest absolute Gasteiger partial charge is 0.268 e. The Bertz CT molecular complexity index is 4780. The van der Waals surface area contributed by atoms with Gasteiger partial charge in [0.2, 0.25) is 0 Å². The third-order valence-corrected chi connectivity index (χ3v) is 16.6. The summed E-state index contributed by atoms with van der Waals surface area (Å²) >= 11 is 0. The molecule has 0 radical (unpaired) electrons. The van der Waals surface area contributed by atoms with E-state index in [0.29, 0.717) is 22.7 Å². The van der Waals surface area contributed by atoms with E-state index < -0.39 is 13.7 Å². The number of nitrogens with zero attached hydrogens (tertiary/aromatic N) is 4. The number of para-hydroxylation sites is 1. The molecule has 12 aromatic rings. The number of aryl methyl sites for hydroxylation is 2. The fourth-order valence-corrected chi connectivity index (χ4v) is 12.0. The molecule has 0 saturated heterocycles. The van der Waals surface area contributed by atoms with E-state index in [-0.39, 0.29) is 59.4 Å². The normalized spacial score (nSPS) is 13.9. The Balaban J connectivity index is 0.00000785. The van der Waals surface area contributed by atoms with Crippen LogP contribution < -0.4 is 9.30 Å². The van der Waals surface area contributed by atoms with Crippen molar-refractivity contribution >= 4 is 32.8 Å². The molecule has 1 aliphatic heterocycles. The van der Waals surface area contributed by atoms with Crippen LogP contribution in [-0.2, 0) is 42.7 Å². The van der Waals surface area contributed by atoms with Crippen molar-refractivity contribution in [2.75, 3.05) is 0 Å². The van der Waals surface area contributed by atoms with Gasteiger partial charge < -0.3 is 13.9 Å². The molecule has 5 nitrogen and oxygen atoms in total. The molecule has 3 aromatic heterocycles. The van der Waals surface area contributed by atoms with Crippen LogP contribution in [0, 0.1) is 32.2 Å². The molecule has 84 heavy (non-hydrogen) atoms. The summed E-state index contributed by atoms with van der Waals surface area (Å²) in [7, 11) is 0. The van der Waals surface area contributed by atoms with Gasteiger partial charge in [-0.2, -0.15) is 18.2 Å². The summed E-state index contributed by atoms with van der Waals surface area (Å²) in [5, 5.41) is 2.11. The van der Waals surface area contributed by atoms with Crippen molar-refractivity contribution < 1.29 is 38.6 Å². The maximum Gasteiger partial charge on any atom is 0.268 e. The number of hydrogen-bond acceptors (Lipinski definition) is 2. The van der Waals surface area contributed by atoms with Crippen molar-refractivity contribution in [2.24, 2.45) is 0 Å². The molecule has 0 N–H and O–H groups in total. The van der Waals surface area contributed by atoms with Crippen LogP contribution in [0.5, 0.6) is 11.5 Å². The number of hydrogen-bond donors (Lipinski definition) is 0. The molecule has 0 atom stereocenters. The van der Waals surface area contributed by atoms with E-state index in [9.17, 15) is 0 Å². The largest absolute Gasteiger partial charge is 0.510 e. The minimum absolute atomic E-state index is 0. The molecule has 1 aliphatic rings. The van der Waals surface area contributed by atoms with Crippen LogP contribution in [0.2, 0.25) is 0 Å². The van der Waals surface area contributed by atoms with Crippen molar-refractivity contribution in [2.45, 2.75) is 118 Å². The number of ether oxygens (including phenoxy) is 1. The van der Waals surface area contributed by atoms with Gasteiger partial charge in [0.1, 0.15) is 5.82 Å². The Kier molecular flexibility index (Phi) is 12.1. The third-order valence-electron chi connectivity index (χ3n) is 16.6. The Hall–Kier alpha value is -8.11. The zero-order valence-electron chi connectivity index (χ0n) is 55.8. The van der Waals surface area contributed by atoms with Crippen LogP contribution in [0.25, 0.3) is 106 Å². The number of benzene rings is 9. The summed E-state index contributed by atoms with van der Waals surface area (Å²) in [6.45, 7) is 21.3. The third kappa shape index (κ3) is 9.82. The zero-order valence-corrected chi connectivity index (χ0v) is 52.1. The van der Waals surface area contributed by atoms with Gasteiger partial charge in [-0.15, -0.1) is 29.7 Å². The molecule has 422 valence electrons. The van der Waals surface area contributed by atoms with Gasteiger partial charge in [0, 0.05) is 52.5 Å². The molecule has 0 fully saturated rings. The van der Waals surface area contributed by atoms with Crippen LogP contribution >= 0.6 is 0 Å². The molecule has 0 saturated carbocycles. The quantitative estimate of drug-likeness (QED) is 0.123. The van der Waals surface area contributed by atoms with E-state index in [4.69, 9.17) is 17.9 Å². The van der Waals surface area contributed by atoms with Crippen molar-refractivity contribution in [3.63, 3.8) is 0 Å². The van der Waals surface area contributed by atoms with Gasteiger partial charge in [-0.25, -0.2) is 4.98 Å². The van der Waals surface area contributed by atoms with E-state index in [1.54, 1.807) is 18.2 Å². The summed E-state index contributed by atoms with van der Waals surface area (Å²) < 4.78 is 67.2. The van der Waals surface area contributed by atoms with Gasteiger partial charge >= 0.3 is 0 Å². The molecular weight excluding hydrogens is 1200 g/mol. The monoisotopic (exact) mass is 1280 g/mol. The number of rotatable bonds is 6. The van der Waals surface area contributed by atoms with Gasteiger partial charge in [0.25, 0.3) is 6.33 Å². The Morgan fingerprint density at radius 2 is 1.04 bits per heavy atom. The van der Waals surface area contributed by atoms with Crippen molar-refractivity contribution in [3.8, 4) is 84.3 Å². The molecule has 0 bridgehead atoms. The first-order chi connectivity index (χ1) is 41.9. The molecule has 0 unspecified atom stereocenters. The molecule has 9 aromatic carbocycles. The van der Waals surface area contributed by atoms with E-state index >= 15 is 0 Å². The zero-order chi connectivity index (χ0) is 63.1. The molecule has 6 heteroatoms. The number of fused-ring (bicyclic) bond motifs is 10. The van der Waals surface area contributed by atoms with Gasteiger partial charge in [-0.05, 0) is 172 Å². The fraction of sp³-hybridized carbons (Fsp3) is 0.231. The first-order valence-electron chi connectivity index (χ1n) is 31.8. The molecule has 0 aliphatic carbocycles. The second-order valence-corrected chi connectivity index (χ2v) is 26.5. The van der Waals surface area contributed by atoms with Crippen molar-refractivity contribution in [1.82, 2.24) is 14.1 Å². The predicted molar refractivity (Wildman–Crippen MR) is 345 cm³/mol. The SMILES string of the molecule is [2H]C([2H])([2H])c1cccc(C([2H])([2H])[2H])c1-c1cc(-c2cc(C(C)(C)C)cc(C(C)(C)C)c2)c2c(c1)-c1ccccc1-c1ccccc1-c1cc(C(C)(C)C)cc3c1[n+]-2[c-]n3-c1[c-]c(Oc2[c-]c3c(cc2)c2ccccc2n3-c2cc(C(C)(C)C)ccn2)ccc1.[Pt]. The Morgan fingerprint density at radius 1 is 0.464 bits per heavy atom. The summed E-state index contributed by atoms with van der Waals surface area (Å²) in [6, 6.07) is 66.9. The molecular formula is C78H72N4OPt-2. The summed E-state index contributed by atoms with van der Waals surface area (Å²) in [6.07, 6.45) is 5.87. The van der Waals surface area contributed by atoms with Gasteiger partial charge in [-0.1, -0.05) is 198 Å². The average Bonchev–Trinajstić information content (AvgIpc) is 1.55. The Morgan fingerprint density at radius 3 is 1.68 bits per heavy atom. The number of imidazole rings is 1. The van der Waals surface area contributed by atoms with Gasteiger partial charge in [-0.3, -0.25) is 4.57 Å². The molecule has 13 rings (SSSR count). The summed E-state index contributed by atoms with van der Waals surface area (Å²) in [5.41, 5.74) is 16.4. The molecule has 0 spiro atoms. The Labute approximate surface area is 519 Å². The predicted octanol–water partition coefficient (Wildman–Crippen LogP) is 20.0. The van der Waals surface area contributed by atoms with Crippen LogP contribution in [0.1, 0.15) is 125 Å². The fourth-order valence-electron chi connectivity index (χ4n) is 12.0.